The maximum Gasteiger partial charge on any atom is 0.221 e. The lowest BCUT2D eigenvalue weighted by atomic mass is 9.95. The predicted molar refractivity (Wildman–Crippen MR) is 63.8 cm³/mol. The summed E-state index contributed by atoms with van der Waals surface area (Å²) in [6, 6.07) is 3.82. The molecule has 0 aromatic carbocycles. The summed E-state index contributed by atoms with van der Waals surface area (Å²) < 4.78 is 0. The summed E-state index contributed by atoms with van der Waals surface area (Å²) in [5.41, 5.74) is 0.711. The summed E-state index contributed by atoms with van der Waals surface area (Å²) in [4.78, 5) is 15.4. The van der Waals surface area contributed by atoms with Crippen molar-refractivity contribution in [2.75, 3.05) is 5.33 Å². The lowest BCUT2D eigenvalue weighted by Gasteiger charge is -2.26. The highest BCUT2D eigenvalue weighted by Crippen LogP contribution is 2.18. The lowest BCUT2D eigenvalue weighted by molar-refractivity contribution is -0.122. The van der Waals surface area contributed by atoms with Crippen molar-refractivity contribution in [3.63, 3.8) is 0 Å². The Morgan fingerprint density at radius 2 is 2.07 bits per heavy atom. The molecule has 0 aliphatic rings. The zero-order chi connectivity index (χ0) is 11.3. The van der Waals surface area contributed by atoms with Crippen molar-refractivity contribution in [1.82, 2.24) is 10.3 Å². The maximum absolute atomic E-state index is 11.5. The van der Waals surface area contributed by atoms with Crippen LogP contribution < -0.4 is 5.32 Å². The molecule has 0 fully saturated rings. The topological polar surface area (TPSA) is 42.0 Å². The van der Waals surface area contributed by atoms with Gasteiger partial charge in [-0.1, -0.05) is 15.9 Å². The van der Waals surface area contributed by atoms with Crippen LogP contribution in [0.5, 0.6) is 0 Å². The number of carbonyl (C=O) groups excluding carboxylic acids is 1. The highest BCUT2D eigenvalue weighted by molar-refractivity contribution is 9.09. The van der Waals surface area contributed by atoms with E-state index in [0.717, 1.165) is 5.56 Å². The second-order valence-electron chi connectivity index (χ2n) is 3.85. The molecule has 1 aromatic heterocycles. The average molecular weight is 271 g/mol. The van der Waals surface area contributed by atoms with Gasteiger partial charge >= 0.3 is 0 Å². The molecule has 15 heavy (non-hydrogen) atoms. The maximum atomic E-state index is 11.5. The summed E-state index contributed by atoms with van der Waals surface area (Å²) in [5.74, 6) is 0.0497. The molecule has 4 heteroatoms. The molecule has 1 N–H and O–H groups in total. The fourth-order valence-corrected chi connectivity index (χ4v) is 1.70. The molecular weight excluding hydrogens is 256 g/mol. The molecule has 1 amide bonds. The van der Waals surface area contributed by atoms with E-state index >= 15 is 0 Å². The Hall–Kier alpha value is -0.900. The Labute approximate surface area is 98.4 Å². The number of alkyl halides is 1. The van der Waals surface area contributed by atoms with Gasteiger partial charge in [-0.2, -0.15) is 0 Å². The molecule has 0 radical (unpaired) electrons. The van der Waals surface area contributed by atoms with Crippen LogP contribution in [0.25, 0.3) is 0 Å². The van der Waals surface area contributed by atoms with Gasteiger partial charge in [0, 0.05) is 24.1 Å². The number of amides is 1. The van der Waals surface area contributed by atoms with E-state index in [2.05, 4.69) is 26.2 Å². The summed E-state index contributed by atoms with van der Waals surface area (Å²) in [6.45, 7) is 3.96. The lowest BCUT2D eigenvalue weighted by Crippen LogP contribution is -2.41. The SMILES string of the molecule is CC(C)(NC(=O)CCBr)c1ccncc1. The van der Waals surface area contributed by atoms with Crippen LogP contribution in [0.2, 0.25) is 0 Å². The van der Waals surface area contributed by atoms with E-state index in [1.54, 1.807) is 12.4 Å². The van der Waals surface area contributed by atoms with Crippen LogP contribution in [0.3, 0.4) is 0 Å². The van der Waals surface area contributed by atoms with Gasteiger partial charge in [-0.3, -0.25) is 9.78 Å². The number of nitrogens with one attached hydrogen (secondary N) is 1. The Morgan fingerprint density at radius 3 is 2.60 bits per heavy atom. The first kappa shape index (κ1) is 12.2. The standard InChI is InChI=1S/C11H15BrN2O/c1-11(2,14-10(15)3-6-12)9-4-7-13-8-5-9/h4-5,7-8H,3,6H2,1-2H3,(H,14,15). The van der Waals surface area contributed by atoms with E-state index in [4.69, 9.17) is 0 Å². The molecule has 1 heterocycles. The third-order valence-corrected chi connectivity index (χ3v) is 2.57. The molecule has 0 unspecified atom stereocenters. The molecule has 0 saturated heterocycles. The number of aromatic nitrogens is 1. The first-order valence-corrected chi connectivity index (χ1v) is 5.96. The predicted octanol–water partition coefficient (Wildman–Crippen LogP) is 2.22. The molecule has 0 bridgehead atoms. The van der Waals surface area contributed by atoms with Gasteiger partial charge < -0.3 is 5.32 Å². The molecular formula is C11H15BrN2O. The van der Waals surface area contributed by atoms with Gasteiger partial charge in [-0.25, -0.2) is 0 Å². The van der Waals surface area contributed by atoms with Gasteiger partial charge in [0.05, 0.1) is 5.54 Å². The molecule has 1 rings (SSSR count). The van der Waals surface area contributed by atoms with E-state index < -0.39 is 0 Å². The number of rotatable bonds is 4. The zero-order valence-corrected chi connectivity index (χ0v) is 10.5. The van der Waals surface area contributed by atoms with Gasteiger partial charge in [0.25, 0.3) is 0 Å². The zero-order valence-electron chi connectivity index (χ0n) is 8.96. The Kier molecular flexibility index (Phi) is 4.27. The Bertz CT molecular complexity index is 325. The smallest absolute Gasteiger partial charge is 0.221 e. The van der Waals surface area contributed by atoms with Crippen molar-refractivity contribution < 1.29 is 4.79 Å². The Morgan fingerprint density at radius 1 is 1.47 bits per heavy atom. The Balaban J connectivity index is 2.71. The van der Waals surface area contributed by atoms with Gasteiger partial charge in [0.15, 0.2) is 0 Å². The van der Waals surface area contributed by atoms with Crippen LogP contribution in [0, 0.1) is 0 Å². The first-order chi connectivity index (χ1) is 7.06. The van der Waals surface area contributed by atoms with Crippen molar-refractivity contribution in [3.05, 3.63) is 30.1 Å². The number of halogens is 1. The van der Waals surface area contributed by atoms with Crippen molar-refractivity contribution in [3.8, 4) is 0 Å². The van der Waals surface area contributed by atoms with Crippen molar-refractivity contribution in [2.45, 2.75) is 25.8 Å². The summed E-state index contributed by atoms with van der Waals surface area (Å²) in [7, 11) is 0. The number of carbonyl (C=O) groups is 1. The van der Waals surface area contributed by atoms with E-state index in [1.807, 2.05) is 26.0 Å². The second kappa shape index (κ2) is 5.26. The average Bonchev–Trinajstić information content (AvgIpc) is 2.18. The molecule has 0 aliphatic heterocycles. The molecule has 0 saturated carbocycles. The van der Waals surface area contributed by atoms with Crippen molar-refractivity contribution >= 4 is 21.8 Å². The van der Waals surface area contributed by atoms with Crippen molar-refractivity contribution in [1.29, 1.82) is 0 Å². The van der Waals surface area contributed by atoms with E-state index in [1.165, 1.54) is 0 Å². The summed E-state index contributed by atoms with van der Waals surface area (Å²) >= 11 is 3.24. The first-order valence-electron chi connectivity index (χ1n) is 4.84. The fourth-order valence-electron chi connectivity index (χ4n) is 1.34. The van der Waals surface area contributed by atoms with Gasteiger partial charge in [-0.05, 0) is 31.5 Å². The second-order valence-corrected chi connectivity index (χ2v) is 4.64. The molecule has 1 aromatic rings. The van der Waals surface area contributed by atoms with E-state index in [-0.39, 0.29) is 11.4 Å². The number of pyridine rings is 1. The highest BCUT2D eigenvalue weighted by atomic mass is 79.9. The van der Waals surface area contributed by atoms with Crippen LogP contribution in [0.15, 0.2) is 24.5 Å². The molecule has 3 nitrogen and oxygen atoms in total. The van der Waals surface area contributed by atoms with Gasteiger partial charge in [-0.15, -0.1) is 0 Å². The van der Waals surface area contributed by atoms with Gasteiger partial charge in [0.1, 0.15) is 0 Å². The minimum Gasteiger partial charge on any atom is -0.347 e. The monoisotopic (exact) mass is 270 g/mol. The van der Waals surface area contributed by atoms with Crippen LogP contribution in [0.1, 0.15) is 25.8 Å². The number of hydrogen-bond acceptors (Lipinski definition) is 2. The molecule has 82 valence electrons. The minimum atomic E-state index is -0.345. The largest absolute Gasteiger partial charge is 0.347 e. The molecule has 0 atom stereocenters. The van der Waals surface area contributed by atoms with E-state index in [0.29, 0.717) is 11.8 Å². The fraction of sp³-hybridized carbons (Fsp3) is 0.455. The van der Waals surface area contributed by atoms with Crippen LogP contribution in [-0.2, 0) is 10.3 Å². The van der Waals surface area contributed by atoms with Gasteiger partial charge in [0.2, 0.25) is 5.91 Å². The minimum absolute atomic E-state index is 0.0497. The van der Waals surface area contributed by atoms with Crippen LogP contribution in [0.4, 0.5) is 0 Å². The van der Waals surface area contributed by atoms with Crippen LogP contribution >= 0.6 is 15.9 Å². The number of nitrogens with zero attached hydrogens (tertiary/aromatic N) is 1. The number of hydrogen-bond donors (Lipinski definition) is 1. The molecule has 0 spiro atoms. The molecule has 0 aliphatic carbocycles. The summed E-state index contributed by atoms with van der Waals surface area (Å²) in [6.07, 6.45) is 3.95. The normalized spacial score (nSPS) is 11.1. The highest BCUT2D eigenvalue weighted by Gasteiger charge is 2.21. The van der Waals surface area contributed by atoms with Crippen molar-refractivity contribution in [2.24, 2.45) is 0 Å². The van der Waals surface area contributed by atoms with Crippen LogP contribution in [-0.4, -0.2) is 16.2 Å². The van der Waals surface area contributed by atoms with E-state index in [9.17, 15) is 4.79 Å². The third kappa shape index (κ3) is 3.63. The summed E-state index contributed by atoms with van der Waals surface area (Å²) in [5, 5.41) is 3.66. The third-order valence-electron chi connectivity index (χ3n) is 2.18. The quantitative estimate of drug-likeness (QED) is 0.853.